The van der Waals surface area contributed by atoms with Crippen molar-refractivity contribution >= 4 is 5.91 Å². The molecule has 0 heterocycles. The maximum atomic E-state index is 12.2. The molecule has 2 rings (SSSR count). The second-order valence-electron chi connectivity index (χ2n) is 4.81. The van der Waals surface area contributed by atoms with E-state index in [4.69, 9.17) is 4.74 Å². The van der Waals surface area contributed by atoms with Crippen LogP contribution < -0.4 is 10.1 Å². The van der Waals surface area contributed by atoms with Crippen molar-refractivity contribution in [2.45, 2.75) is 19.9 Å². The molecule has 0 saturated heterocycles. The Morgan fingerprint density at radius 3 is 2.50 bits per heavy atom. The van der Waals surface area contributed by atoms with E-state index in [9.17, 15) is 4.79 Å². The lowest BCUT2D eigenvalue weighted by Crippen LogP contribution is -2.26. The van der Waals surface area contributed by atoms with Crippen molar-refractivity contribution in [1.82, 2.24) is 5.32 Å². The summed E-state index contributed by atoms with van der Waals surface area (Å²) in [4.78, 5) is 12.2. The predicted octanol–water partition coefficient (Wildman–Crippen LogP) is 3.49. The molecular weight excluding hydrogens is 250 g/mol. The van der Waals surface area contributed by atoms with Crippen LogP contribution in [-0.2, 0) is 0 Å². The number of hydrogen-bond acceptors (Lipinski definition) is 2. The first kappa shape index (κ1) is 14.1. The molecule has 1 amide bonds. The van der Waals surface area contributed by atoms with E-state index in [0.717, 1.165) is 16.9 Å². The van der Waals surface area contributed by atoms with E-state index >= 15 is 0 Å². The molecule has 0 aliphatic heterocycles. The van der Waals surface area contributed by atoms with Crippen LogP contribution in [0.2, 0.25) is 0 Å². The molecule has 1 N–H and O–H groups in total. The molecule has 3 nitrogen and oxygen atoms in total. The van der Waals surface area contributed by atoms with Crippen molar-refractivity contribution in [2.75, 3.05) is 7.11 Å². The lowest BCUT2D eigenvalue weighted by atomic mass is 10.0. The smallest absolute Gasteiger partial charge is 0.251 e. The molecular formula is C17H19NO2. The van der Waals surface area contributed by atoms with Crippen molar-refractivity contribution in [3.63, 3.8) is 0 Å². The topological polar surface area (TPSA) is 38.3 Å². The van der Waals surface area contributed by atoms with Gasteiger partial charge in [-0.3, -0.25) is 4.79 Å². The van der Waals surface area contributed by atoms with Crippen LogP contribution in [0.1, 0.15) is 34.5 Å². The minimum atomic E-state index is -0.113. The SMILES string of the molecule is COc1ccc(C)cc1[C@H](C)NC(=O)c1ccccc1. The van der Waals surface area contributed by atoms with Crippen LogP contribution in [0.5, 0.6) is 5.75 Å². The summed E-state index contributed by atoms with van der Waals surface area (Å²) in [5.74, 6) is 0.707. The van der Waals surface area contributed by atoms with E-state index < -0.39 is 0 Å². The maximum Gasteiger partial charge on any atom is 0.251 e. The largest absolute Gasteiger partial charge is 0.496 e. The highest BCUT2D eigenvalue weighted by atomic mass is 16.5. The molecule has 0 unspecified atom stereocenters. The zero-order chi connectivity index (χ0) is 14.5. The molecule has 0 aliphatic carbocycles. The summed E-state index contributed by atoms with van der Waals surface area (Å²) in [5, 5.41) is 3.00. The summed E-state index contributed by atoms with van der Waals surface area (Å²) >= 11 is 0. The summed E-state index contributed by atoms with van der Waals surface area (Å²) in [6.07, 6.45) is 0. The van der Waals surface area contributed by atoms with Gasteiger partial charge in [-0.1, -0.05) is 35.9 Å². The van der Waals surface area contributed by atoms with Gasteiger partial charge in [0.15, 0.2) is 0 Å². The number of hydrogen-bond donors (Lipinski definition) is 1. The van der Waals surface area contributed by atoms with Gasteiger partial charge in [-0.2, -0.15) is 0 Å². The van der Waals surface area contributed by atoms with Gasteiger partial charge in [0.25, 0.3) is 5.91 Å². The molecule has 104 valence electrons. The normalized spacial score (nSPS) is 11.8. The Morgan fingerprint density at radius 2 is 1.85 bits per heavy atom. The Bertz CT molecular complexity index is 593. The lowest BCUT2D eigenvalue weighted by Gasteiger charge is -2.18. The monoisotopic (exact) mass is 269 g/mol. The molecule has 0 spiro atoms. The number of amides is 1. The summed E-state index contributed by atoms with van der Waals surface area (Å²) in [6.45, 7) is 3.98. The molecule has 0 saturated carbocycles. The molecule has 3 heteroatoms. The van der Waals surface area contributed by atoms with Crippen molar-refractivity contribution in [1.29, 1.82) is 0 Å². The zero-order valence-electron chi connectivity index (χ0n) is 12.0. The number of ether oxygens (including phenoxy) is 1. The fourth-order valence-corrected chi connectivity index (χ4v) is 2.14. The van der Waals surface area contributed by atoms with Crippen LogP contribution in [0.4, 0.5) is 0 Å². The van der Waals surface area contributed by atoms with Crippen LogP contribution in [0.3, 0.4) is 0 Å². The minimum Gasteiger partial charge on any atom is -0.496 e. The van der Waals surface area contributed by atoms with Gasteiger partial charge in [-0.15, -0.1) is 0 Å². The number of aryl methyl sites for hydroxylation is 1. The number of methoxy groups -OCH3 is 1. The van der Waals surface area contributed by atoms with Crippen LogP contribution in [0.15, 0.2) is 48.5 Å². The predicted molar refractivity (Wildman–Crippen MR) is 80.1 cm³/mol. The van der Waals surface area contributed by atoms with Crippen molar-refractivity contribution in [3.05, 3.63) is 65.2 Å². The Labute approximate surface area is 119 Å². The summed E-state index contributed by atoms with van der Waals surface area (Å²) in [5.41, 5.74) is 2.78. The lowest BCUT2D eigenvalue weighted by molar-refractivity contribution is 0.0939. The van der Waals surface area contributed by atoms with Gasteiger partial charge in [0.2, 0.25) is 0 Å². The molecule has 0 radical (unpaired) electrons. The van der Waals surface area contributed by atoms with Gasteiger partial charge in [0.1, 0.15) is 5.75 Å². The third-order valence-electron chi connectivity index (χ3n) is 3.24. The zero-order valence-corrected chi connectivity index (χ0v) is 12.0. The summed E-state index contributed by atoms with van der Waals surface area (Å²) in [6, 6.07) is 15.0. The van der Waals surface area contributed by atoms with E-state index in [-0.39, 0.29) is 11.9 Å². The van der Waals surface area contributed by atoms with Gasteiger partial charge < -0.3 is 10.1 Å². The summed E-state index contributed by atoms with van der Waals surface area (Å²) < 4.78 is 5.36. The Balaban J connectivity index is 2.18. The first-order chi connectivity index (χ1) is 9.61. The molecule has 0 aliphatic rings. The fraction of sp³-hybridized carbons (Fsp3) is 0.235. The van der Waals surface area contributed by atoms with E-state index in [2.05, 4.69) is 5.32 Å². The van der Waals surface area contributed by atoms with Crippen LogP contribution in [0.25, 0.3) is 0 Å². The highest BCUT2D eigenvalue weighted by molar-refractivity contribution is 5.94. The Kier molecular flexibility index (Phi) is 4.41. The molecule has 0 aromatic heterocycles. The third kappa shape index (κ3) is 3.18. The van der Waals surface area contributed by atoms with E-state index in [0.29, 0.717) is 5.56 Å². The highest BCUT2D eigenvalue weighted by Gasteiger charge is 2.15. The number of carbonyl (C=O) groups excluding carboxylic acids is 1. The van der Waals surface area contributed by atoms with Crippen LogP contribution >= 0.6 is 0 Å². The van der Waals surface area contributed by atoms with E-state index in [1.165, 1.54) is 0 Å². The standard InChI is InChI=1S/C17H19NO2/c1-12-9-10-16(20-3)15(11-12)13(2)18-17(19)14-7-5-4-6-8-14/h4-11,13H,1-3H3,(H,18,19)/t13-/m0/s1. The van der Waals surface area contributed by atoms with E-state index in [1.807, 2.05) is 50.2 Å². The second kappa shape index (κ2) is 6.24. The molecule has 1 atom stereocenters. The van der Waals surface area contributed by atoms with Gasteiger partial charge in [0.05, 0.1) is 13.2 Å². The minimum absolute atomic E-state index is 0.0818. The molecule has 0 bridgehead atoms. The average Bonchev–Trinajstić information content (AvgIpc) is 2.48. The van der Waals surface area contributed by atoms with Crippen molar-refractivity contribution < 1.29 is 9.53 Å². The molecule has 20 heavy (non-hydrogen) atoms. The van der Waals surface area contributed by atoms with E-state index in [1.54, 1.807) is 19.2 Å². The van der Waals surface area contributed by atoms with Crippen molar-refractivity contribution in [2.24, 2.45) is 0 Å². The quantitative estimate of drug-likeness (QED) is 0.922. The summed E-state index contributed by atoms with van der Waals surface area (Å²) in [7, 11) is 1.64. The number of nitrogens with one attached hydrogen (secondary N) is 1. The van der Waals surface area contributed by atoms with Gasteiger partial charge in [-0.05, 0) is 32.0 Å². The van der Waals surface area contributed by atoms with Crippen molar-refractivity contribution in [3.8, 4) is 5.75 Å². The molecule has 2 aromatic rings. The number of carbonyl (C=O) groups is 1. The fourth-order valence-electron chi connectivity index (χ4n) is 2.14. The Morgan fingerprint density at radius 1 is 1.15 bits per heavy atom. The number of benzene rings is 2. The first-order valence-corrected chi connectivity index (χ1v) is 6.62. The molecule has 0 fully saturated rings. The van der Waals surface area contributed by atoms with Gasteiger partial charge in [-0.25, -0.2) is 0 Å². The Hall–Kier alpha value is -2.29. The average molecular weight is 269 g/mol. The number of rotatable bonds is 4. The van der Waals surface area contributed by atoms with Gasteiger partial charge in [0, 0.05) is 11.1 Å². The highest BCUT2D eigenvalue weighted by Crippen LogP contribution is 2.26. The van der Waals surface area contributed by atoms with Crippen LogP contribution in [-0.4, -0.2) is 13.0 Å². The maximum absolute atomic E-state index is 12.2. The molecule has 2 aromatic carbocycles. The van der Waals surface area contributed by atoms with Gasteiger partial charge >= 0.3 is 0 Å². The second-order valence-corrected chi connectivity index (χ2v) is 4.81. The van der Waals surface area contributed by atoms with Crippen LogP contribution in [0, 0.1) is 6.92 Å². The third-order valence-corrected chi connectivity index (χ3v) is 3.24. The first-order valence-electron chi connectivity index (χ1n) is 6.62.